The molecular weight excluding hydrogens is 280 g/mol. The van der Waals surface area contributed by atoms with E-state index in [1.165, 1.54) is 12.1 Å². The number of rotatable bonds is 5. The van der Waals surface area contributed by atoms with Crippen molar-refractivity contribution in [2.45, 2.75) is 26.7 Å². The van der Waals surface area contributed by atoms with Gasteiger partial charge in [0.15, 0.2) is 0 Å². The maximum absolute atomic E-state index is 12.2. The summed E-state index contributed by atoms with van der Waals surface area (Å²) in [4.78, 5) is 22.9. The lowest BCUT2D eigenvalue weighted by Gasteiger charge is -2.21. The quantitative estimate of drug-likeness (QED) is 0.818. The molecule has 0 atom stereocenters. The summed E-state index contributed by atoms with van der Waals surface area (Å²) >= 11 is 0. The molecule has 20 heavy (non-hydrogen) atoms. The molecule has 1 aromatic carbocycles. The topological polar surface area (TPSA) is 97.5 Å². The van der Waals surface area contributed by atoms with Crippen molar-refractivity contribution < 1.29 is 18.0 Å². The minimum atomic E-state index is -3.91. The minimum absolute atomic E-state index is 0.121. The Bertz CT molecular complexity index is 593. The van der Waals surface area contributed by atoms with Crippen molar-refractivity contribution in [1.82, 2.24) is 0 Å². The van der Waals surface area contributed by atoms with Crippen molar-refractivity contribution in [2.24, 2.45) is 5.73 Å². The smallest absolute Gasteiger partial charge is 0.329 e. The number of primary amides is 1. The van der Waals surface area contributed by atoms with Crippen molar-refractivity contribution in [3.8, 4) is 0 Å². The second-order valence-electron chi connectivity index (χ2n) is 4.44. The fourth-order valence-corrected chi connectivity index (χ4v) is 3.22. The van der Waals surface area contributed by atoms with Gasteiger partial charge in [0, 0.05) is 0 Å². The summed E-state index contributed by atoms with van der Waals surface area (Å²) in [6, 6.07) is 6.26. The van der Waals surface area contributed by atoms with E-state index in [0.29, 0.717) is 17.1 Å². The zero-order valence-corrected chi connectivity index (χ0v) is 12.3. The molecule has 0 fully saturated rings. The summed E-state index contributed by atoms with van der Waals surface area (Å²) in [5, 5.41) is 0. The highest BCUT2D eigenvalue weighted by molar-refractivity contribution is 7.93. The first-order valence-electron chi connectivity index (χ1n) is 6.23. The summed E-state index contributed by atoms with van der Waals surface area (Å²) < 4.78 is 24.9. The van der Waals surface area contributed by atoms with E-state index in [-0.39, 0.29) is 11.4 Å². The van der Waals surface area contributed by atoms with Crippen LogP contribution in [0.25, 0.3) is 0 Å². The van der Waals surface area contributed by atoms with Crippen LogP contribution >= 0.6 is 0 Å². The third-order valence-corrected chi connectivity index (χ3v) is 4.44. The monoisotopic (exact) mass is 298 g/mol. The fourth-order valence-electron chi connectivity index (χ4n) is 1.60. The van der Waals surface area contributed by atoms with Gasteiger partial charge in [-0.25, -0.2) is 8.42 Å². The number of nitrogens with zero attached hydrogens (tertiary/aromatic N) is 1. The van der Waals surface area contributed by atoms with E-state index in [1.807, 2.05) is 13.8 Å². The molecule has 0 heterocycles. The predicted molar refractivity (Wildman–Crippen MR) is 76.6 cm³/mol. The number of anilines is 1. The lowest BCUT2D eigenvalue weighted by molar-refractivity contribution is -0.134. The van der Waals surface area contributed by atoms with Crippen molar-refractivity contribution in [1.29, 1.82) is 0 Å². The van der Waals surface area contributed by atoms with Crippen LogP contribution in [-0.2, 0) is 19.6 Å². The molecule has 6 nitrogen and oxygen atoms in total. The Kier molecular flexibility index (Phi) is 5.26. The predicted octanol–water partition coefficient (Wildman–Crippen LogP) is 0.943. The van der Waals surface area contributed by atoms with Gasteiger partial charge in [0.05, 0.1) is 11.4 Å². The van der Waals surface area contributed by atoms with E-state index >= 15 is 0 Å². The number of aryl methyl sites for hydroxylation is 1. The second-order valence-corrected chi connectivity index (χ2v) is 6.38. The van der Waals surface area contributed by atoms with Crippen LogP contribution in [0.3, 0.4) is 0 Å². The van der Waals surface area contributed by atoms with Crippen LogP contribution in [0, 0.1) is 6.92 Å². The van der Waals surface area contributed by atoms with Crippen LogP contribution in [0.1, 0.15) is 25.3 Å². The van der Waals surface area contributed by atoms with Crippen molar-refractivity contribution in [3.05, 3.63) is 29.8 Å². The third-order valence-electron chi connectivity index (χ3n) is 2.70. The summed E-state index contributed by atoms with van der Waals surface area (Å²) in [6.45, 7) is 3.66. The van der Waals surface area contributed by atoms with Crippen LogP contribution in [0.2, 0.25) is 0 Å². The fraction of sp³-hybridized carbons (Fsp3) is 0.385. The molecule has 2 amide bonds. The number of carbonyl (C=O) groups excluding carboxylic acids is 2. The maximum Gasteiger partial charge on any atom is 0.329 e. The summed E-state index contributed by atoms with van der Waals surface area (Å²) in [6.07, 6.45) is 1.06. The van der Waals surface area contributed by atoms with Gasteiger partial charge >= 0.3 is 11.8 Å². The molecule has 0 bridgehead atoms. The first-order valence-corrected chi connectivity index (χ1v) is 7.84. The summed E-state index contributed by atoms with van der Waals surface area (Å²) in [7, 11) is -3.91. The molecule has 0 aliphatic carbocycles. The molecule has 7 heteroatoms. The Hall–Kier alpha value is -1.89. The molecule has 110 valence electrons. The van der Waals surface area contributed by atoms with Crippen LogP contribution in [0.15, 0.2) is 24.3 Å². The maximum atomic E-state index is 12.2. The standard InChI is InChI=1S/C13H18N2O4S/c1-3-4-9-20(18,19)15(13(17)12(14)16)11-7-5-10(2)6-8-11/h5-8H,3-4,9H2,1-2H3,(H2,14,16). The molecule has 0 saturated heterocycles. The second kappa shape index (κ2) is 6.51. The SMILES string of the molecule is CCCCS(=O)(=O)N(C(=O)C(N)=O)c1ccc(C)cc1. The number of carbonyl (C=O) groups is 2. The Morgan fingerprint density at radius 3 is 2.20 bits per heavy atom. The average Bonchev–Trinajstić information content (AvgIpc) is 2.38. The van der Waals surface area contributed by atoms with Gasteiger partial charge in [-0.05, 0) is 25.5 Å². The van der Waals surface area contributed by atoms with Gasteiger partial charge in [-0.2, -0.15) is 4.31 Å². The largest absolute Gasteiger partial charge is 0.361 e. The van der Waals surface area contributed by atoms with E-state index in [1.54, 1.807) is 12.1 Å². The number of amides is 2. The molecule has 0 aliphatic heterocycles. The third kappa shape index (κ3) is 3.80. The van der Waals surface area contributed by atoms with Gasteiger partial charge in [-0.3, -0.25) is 9.59 Å². The van der Waals surface area contributed by atoms with Crippen molar-refractivity contribution in [2.75, 3.05) is 10.1 Å². The lowest BCUT2D eigenvalue weighted by atomic mass is 10.2. The number of sulfonamides is 1. The Labute approximate surface area is 118 Å². The normalized spacial score (nSPS) is 11.1. The first kappa shape index (κ1) is 16.2. The van der Waals surface area contributed by atoms with Crippen LogP contribution in [0.5, 0.6) is 0 Å². The molecule has 0 radical (unpaired) electrons. The number of nitrogens with two attached hydrogens (primary N) is 1. The number of hydrogen-bond acceptors (Lipinski definition) is 4. The lowest BCUT2D eigenvalue weighted by Crippen LogP contribution is -2.45. The van der Waals surface area contributed by atoms with E-state index < -0.39 is 21.8 Å². The number of unbranched alkanes of at least 4 members (excludes halogenated alkanes) is 1. The van der Waals surface area contributed by atoms with Gasteiger partial charge in [0.1, 0.15) is 0 Å². The molecule has 0 aromatic heterocycles. The molecule has 0 unspecified atom stereocenters. The summed E-state index contributed by atoms with van der Waals surface area (Å²) in [5.74, 6) is -2.76. The van der Waals surface area contributed by atoms with E-state index in [2.05, 4.69) is 0 Å². The van der Waals surface area contributed by atoms with E-state index in [9.17, 15) is 18.0 Å². The highest BCUT2D eigenvalue weighted by Gasteiger charge is 2.31. The average molecular weight is 298 g/mol. The van der Waals surface area contributed by atoms with Gasteiger partial charge in [0.2, 0.25) is 10.0 Å². The number of hydrogen-bond donors (Lipinski definition) is 1. The van der Waals surface area contributed by atoms with Crippen molar-refractivity contribution in [3.63, 3.8) is 0 Å². The molecule has 1 aromatic rings. The van der Waals surface area contributed by atoms with Gasteiger partial charge < -0.3 is 5.73 Å². The van der Waals surface area contributed by atoms with Crippen LogP contribution in [-0.4, -0.2) is 26.0 Å². The molecule has 0 saturated carbocycles. The molecule has 1 rings (SSSR count). The Balaban J connectivity index is 3.25. The highest BCUT2D eigenvalue weighted by atomic mass is 32.2. The summed E-state index contributed by atoms with van der Waals surface area (Å²) in [5.41, 5.74) is 5.96. The zero-order chi connectivity index (χ0) is 15.3. The minimum Gasteiger partial charge on any atom is -0.361 e. The number of benzene rings is 1. The van der Waals surface area contributed by atoms with Gasteiger partial charge in [-0.1, -0.05) is 31.0 Å². The first-order chi connectivity index (χ1) is 9.29. The molecule has 0 spiro atoms. The van der Waals surface area contributed by atoms with Crippen molar-refractivity contribution >= 4 is 27.5 Å². The molecule has 2 N–H and O–H groups in total. The van der Waals surface area contributed by atoms with Gasteiger partial charge in [-0.15, -0.1) is 0 Å². The Morgan fingerprint density at radius 1 is 1.20 bits per heavy atom. The highest BCUT2D eigenvalue weighted by Crippen LogP contribution is 2.20. The molecule has 0 aliphatic rings. The van der Waals surface area contributed by atoms with Crippen LogP contribution in [0.4, 0.5) is 5.69 Å². The van der Waals surface area contributed by atoms with E-state index in [0.717, 1.165) is 5.56 Å². The van der Waals surface area contributed by atoms with Gasteiger partial charge in [0.25, 0.3) is 0 Å². The molecular formula is C13H18N2O4S. The Morgan fingerprint density at radius 2 is 1.75 bits per heavy atom. The van der Waals surface area contributed by atoms with E-state index in [4.69, 9.17) is 5.73 Å². The zero-order valence-electron chi connectivity index (χ0n) is 11.5. The van der Waals surface area contributed by atoms with Crippen LogP contribution < -0.4 is 10.0 Å².